The van der Waals surface area contributed by atoms with Crippen molar-refractivity contribution >= 4 is 0 Å². The lowest BCUT2D eigenvalue weighted by molar-refractivity contribution is 0.294. The normalized spacial score (nSPS) is 16.0. The highest BCUT2D eigenvalue weighted by molar-refractivity contribution is 4.77. The van der Waals surface area contributed by atoms with Crippen LogP contribution in [-0.4, -0.2) is 14.3 Å². The quantitative estimate of drug-likeness (QED) is 0.694. The Bertz CT molecular complexity index is 556. The molecule has 1 aliphatic carbocycles. The summed E-state index contributed by atoms with van der Waals surface area (Å²) in [5.41, 5.74) is -0.492. The van der Waals surface area contributed by atoms with Gasteiger partial charge < -0.3 is 0 Å². The second-order valence-corrected chi connectivity index (χ2v) is 6.52. The van der Waals surface area contributed by atoms with Crippen LogP contribution in [0.3, 0.4) is 0 Å². The summed E-state index contributed by atoms with van der Waals surface area (Å²) in [4.78, 5) is 24.3. The summed E-state index contributed by atoms with van der Waals surface area (Å²) >= 11 is 0. The van der Waals surface area contributed by atoms with Crippen LogP contribution in [0.4, 0.5) is 0 Å². The molecule has 0 aliphatic heterocycles. The van der Waals surface area contributed by atoms with Gasteiger partial charge in [0.25, 0.3) is 5.56 Å². The van der Waals surface area contributed by atoms with E-state index in [9.17, 15) is 9.59 Å². The van der Waals surface area contributed by atoms with Gasteiger partial charge in [0.2, 0.25) is 0 Å². The lowest BCUT2D eigenvalue weighted by Crippen LogP contribution is -2.42. The number of hydrogen-bond donors (Lipinski definition) is 0. The standard InChI is InChI=1S/C17H29N3O2/c1-2-3-4-5-9-12-19-16(21)13-18-20(17(19)22)14-15-10-7-6-8-11-15/h13,15H,2-12,14H2,1H3. The molecule has 22 heavy (non-hydrogen) atoms. The second kappa shape index (κ2) is 8.91. The Labute approximate surface area is 132 Å². The third-order valence-corrected chi connectivity index (χ3v) is 4.67. The van der Waals surface area contributed by atoms with E-state index in [0.717, 1.165) is 12.8 Å². The van der Waals surface area contributed by atoms with Gasteiger partial charge in [0.05, 0.1) is 0 Å². The molecule has 0 unspecified atom stereocenters. The molecule has 0 saturated heterocycles. The maximum Gasteiger partial charge on any atom is 0.347 e. The highest BCUT2D eigenvalue weighted by atomic mass is 16.2. The molecule has 0 atom stereocenters. The minimum Gasteiger partial charge on any atom is -0.267 e. The number of hydrogen-bond acceptors (Lipinski definition) is 3. The summed E-state index contributed by atoms with van der Waals surface area (Å²) in [7, 11) is 0. The van der Waals surface area contributed by atoms with Crippen LogP contribution in [0.15, 0.2) is 15.8 Å². The van der Waals surface area contributed by atoms with Gasteiger partial charge in [0.15, 0.2) is 0 Å². The smallest absolute Gasteiger partial charge is 0.267 e. The van der Waals surface area contributed by atoms with Crippen molar-refractivity contribution in [3.8, 4) is 0 Å². The van der Waals surface area contributed by atoms with Crippen molar-refractivity contribution in [2.45, 2.75) is 84.2 Å². The first-order valence-corrected chi connectivity index (χ1v) is 8.89. The number of aromatic nitrogens is 3. The zero-order valence-electron chi connectivity index (χ0n) is 13.8. The first-order valence-electron chi connectivity index (χ1n) is 8.89. The number of unbranched alkanes of at least 4 members (excludes halogenated alkanes) is 4. The Morgan fingerprint density at radius 3 is 2.55 bits per heavy atom. The lowest BCUT2D eigenvalue weighted by atomic mass is 9.89. The zero-order valence-corrected chi connectivity index (χ0v) is 13.8. The molecular weight excluding hydrogens is 278 g/mol. The summed E-state index contributed by atoms with van der Waals surface area (Å²) in [6, 6.07) is 0. The fourth-order valence-corrected chi connectivity index (χ4v) is 3.29. The maximum atomic E-state index is 12.4. The van der Waals surface area contributed by atoms with Crippen LogP contribution < -0.4 is 11.2 Å². The monoisotopic (exact) mass is 307 g/mol. The van der Waals surface area contributed by atoms with E-state index < -0.39 is 0 Å². The molecule has 1 heterocycles. The van der Waals surface area contributed by atoms with Crippen molar-refractivity contribution in [3.05, 3.63) is 27.0 Å². The summed E-state index contributed by atoms with van der Waals surface area (Å²) in [5.74, 6) is 0.537. The van der Waals surface area contributed by atoms with Gasteiger partial charge in [0, 0.05) is 13.1 Å². The van der Waals surface area contributed by atoms with Crippen LogP contribution in [0.2, 0.25) is 0 Å². The van der Waals surface area contributed by atoms with Gasteiger partial charge in [0.1, 0.15) is 6.20 Å². The summed E-state index contributed by atoms with van der Waals surface area (Å²) in [6.45, 7) is 3.36. The predicted octanol–water partition coefficient (Wildman–Crippen LogP) is 2.96. The van der Waals surface area contributed by atoms with Crippen LogP contribution in [0.5, 0.6) is 0 Å². The average molecular weight is 307 g/mol. The SMILES string of the molecule is CCCCCCCn1c(=O)cnn(CC2CCCCC2)c1=O. The topological polar surface area (TPSA) is 56.9 Å². The summed E-state index contributed by atoms with van der Waals surface area (Å²) in [5, 5.41) is 4.06. The summed E-state index contributed by atoms with van der Waals surface area (Å²) < 4.78 is 2.87. The summed E-state index contributed by atoms with van der Waals surface area (Å²) in [6.07, 6.45) is 13.0. The molecule has 0 radical (unpaired) electrons. The highest BCUT2D eigenvalue weighted by Crippen LogP contribution is 2.24. The van der Waals surface area contributed by atoms with E-state index in [-0.39, 0.29) is 11.2 Å². The Hall–Kier alpha value is -1.39. The van der Waals surface area contributed by atoms with E-state index in [2.05, 4.69) is 12.0 Å². The van der Waals surface area contributed by atoms with Crippen LogP contribution in [0.25, 0.3) is 0 Å². The molecule has 5 nitrogen and oxygen atoms in total. The lowest BCUT2D eigenvalue weighted by Gasteiger charge is -2.21. The van der Waals surface area contributed by atoms with Crippen LogP contribution in [-0.2, 0) is 13.1 Å². The van der Waals surface area contributed by atoms with E-state index in [4.69, 9.17) is 0 Å². The van der Waals surface area contributed by atoms with E-state index in [1.54, 1.807) is 0 Å². The first-order chi connectivity index (χ1) is 10.7. The fourth-order valence-electron chi connectivity index (χ4n) is 3.29. The molecule has 1 aliphatic rings. The minimum absolute atomic E-state index is 0.228. The molecule has 1 fully saturated rings. The zero-order chi connectivity index (χ0) is 15.8. The minimum atomic E-state index is -0.264. The molecule has 1 saturated carbocycles. The van der Waals surface area contributed by atoms with Crippen molar-refractivity contribution in [2.24, 2.45) is 5.92 Å². The van der Waals surface area contributed by atoms with E-state index in [1.807, 2.05) is 0 Å². The predicted molar refractivity (Wildman–Crippen MR) is 88.1 cm³/mol. The molecule has 1 aromatic heterocycles. The Morgan fingerprint density at radius 2 is 1.82 bits per heavy atom. The van der Waals surface area contributed by atoms with E-state index >= 15 is 0 Å². The van der Waals surface area contributed by atoms with Gasteiger partial charge in [-0.15, -0.1) is 0 Å². The molecule has 124 valence electrons. The molecular formula is C17H29N3O2. The van der Waals surface area contributed by atoms with Crippen molar-refractivity contribution in [1.82, 2.24) is 14.3 Å². The third-order valence-electron chi connectivity index (χ3n) is 4.67. The van der Waals surface area contributed by atoms with Gasteiger partial charge in [-0.2, -0.15) is 5.10 Å². The highest BCUT2D eigenvalue weighted by Gasteiger charge is 2.16. The van der Waals surface area contributed by atoms with E-state index in [0.29, 0.717) is 19.0 Å². The molecule has 0 bridgehead atoms. The molecule has 5 heteroatoms. The molecule has 0 amide bonds. The molecule has 1 aromatic rings. The van der Waals surface area contributed by atoms with Crippen molar-refractivity contribution in [1.29, 1.82) is 0 Å². The van der Waals surface area contributed by atoms with Crippen LogP contribution in [0, 0.1) is 5.92 Å². The molecule has 0 spiro atoms. The van der Waals surface area contributed by atoms with Gasteiger partial charge in [-0.25, -0.2) is 9.48 Å². The number of nitrogens with zero attached hydrogens (tertiary/aromatic N) is 3. The fraction of sp³-hybridized carbons (Fsp3) is 0.824. The Morgan fingerprint density at radius 1 is 1.09 bits per heavy atom. The van der Waals surface area contributed by atoms with Gasteiger partial charge >= 0.3 is 5.69 Å². The van der Waals surface area contributed by atoms with Crippen LogP contribution >= 0.6 is 0 Å². The molecule has 2 rings (SSSR count). The maximum absolute atomic E-state index is 12.4. The van der Waals surface area contributed by atoms with E-state index in [1.165, 1.54) is 66.8 Å². The van der Waals surface area contributed by atoms with Gasteiger partial charge in [-0.1, -0.05) is 51.9 Å². The Balaban J connectivity index is 1.98. The third kappa shape index (κ3) is 4.82. The van der Waals surface area contributed by atoms with Gasteiger partial charge in [-0.3, -0.25) is 9.36 Å². The van der Waals surface area contributed by atoms with Crippen LogP contribution in [0.1, 0.15) is 71.1 Å². The second-order valence-electron chi connectivity index (χ2n) is 6.52. The first kappa shape index (κ1) is 17.0. The molecule has 0 N–H and O–H groups in total. The average Bonchev–Trinajstić information content (AvgIpc) is 2.54. The van der Waals surface area contributed by atoms with Crippen molar-refractivity contribution in [3.63, 3.8) is 0 Å². The molecule has 0 aromatic carbocycles. The van der Waals surface area contributed by atoms with Crippen molar-refractivity contribution < 1.29 is 0 Å². The van der Waals surface area contributed by atoms with Gasteiger partial charge in [-0.05, 0) is 25.2 Å². The largest absolute Gasteiger partial charge is 0.347 e. The Kier molecular flexibility index (Phi) is 6.87. The number of rotatable bonds is 8. The van der Waals surface area contributed by atoms with Crippen molar-refractivity contribution in [2.75, 3.05) is 0 Å².